The number of amides is 1. The summed E-state index contributed by atoms with van der Waals surface area (Å²) in [4.78, 5) is 14.1. The number of rotatable bonds is 8. The van der Waals surface area contributed by atoms with E-state index in [0.717, 1.165) is 22.4 Å². The quantitative estimate of drug-likeness (QED) is 0.248. The van der Waals surface area contributed by atoms with Gasteiger partial charge in [0.15, 0.2) is 4.90 Å². The molecule has 4 nitrogen and oxygen atoms in total. The molecule has 0 aliphatic heterocycles. The number of carbonyl (C=O) groups excluding carboxylic acids is 1. The minimum atomic E-state index is -0.118. The molecule has 1 unspecified atom stereocenters. The minimum Gasteiger partial charge on any atom is -0.455 e. The Labute approximate surface area is 219 Å². The predicted molar refractivity (Wildman–Crippen MR) is 149 cm³/mol. The van der Waals surface area contributed by atoms with Gasteiger partial charge in [0, 0.05) is 33.2 Å². The van der Waals surface area contributed by atoms with Gasteiger partial charge in [0.25, 0.3) is 0 Å². The second-order valence-electron chi connectivity index (χ2n) is 8.23. The highest BCUT2D eigenvalue weighted by Crippen LogP contribution is 2.37. The SMILES string of the molecule is CC[S+](C)c1ccc(CC(=O)Nc2ccc(-c3cccc(Cl)c3)c(Oc3ccccc3C#N)c2)cc1. The van der Waals surface area contributed by atoms with E-state index in [1.807, 2.05) is 48.5 Å². The van der Waals surface area contributed by atoms with Gasteiger partial charge < -0.3 is 10.1 Å². The number of benzene rings is 4. The van der Waals surface area contributed by atoms with Crippen molar-refractivity contribution in [2.24, 2.45) is 0 Å². The number of nitriles is 1. The van der Waals surface area contributed by atoms with Crippen LogP contribution in [0, 0.1) is 11.3 Å². The number of para-hydroxylation sites is 1. The molecule has 36 heavy (non-hydrogen) atoms. The lowest BCUT2D eigenvalue weighted by atomic mass is 10.0. The fourth-order valence-corrected chi connectivity index (χ4v) is 4.87. The van der Waals surface area contributed by atoms with E-state index in [2.05, 4.69) is 36.7 Å². The van der Waals surface area contributed by atoms with Gasteiger partial charge in [0.1, 0.15) is 29.6 Å². The average Bonchev–Trinajstić information content (AvgIpc) is 2.89. The number of nitrogens with zero attached hydrogens (tertiary/aromatic N) is 1. The maximum absolute atomic E-state index is 12.8. The summed E-state index contributed by atoms with van der Waals surface area (Å²) < 4.78 is 6.20. The molecule has 1 atom stereocenters. The fourth-order valence-electron chi connectivity index (χ4n) is 3.74. The zero-order chi connectivity index (χ0) is 25.5. The third-order valence-electron chi connectivity index (χ3n) is 5.75. The van der Waals surface area contributed by atoms with Crippen LogP contribution < -0.4 is 10.1 Å². The van der Waals surface area contributed by atoms with Gasteiger partial charge in [-0.2, -0.15) is 5.26 Å². The number of hydrogen-bond acceptors (Lipinski definition) is 3. The lowest BCUT2D eigenvalue weighted by Crippen LogP contribution is -2.14. The fraction of sp³-hybridized carbons (Fsp3) is 0.133. The number of carbonyl (C=O) groups is 1. The molecule has 0 spiro atoms. The lowest BCUT2D eigenvalue weighted by Gasteiger charge is -2.15. The van der Waals surface area contributed by atoms with Crippen molar-refractivity contribution in [3.63, 3.8) is 0 Å². The molecule has 4 rings (SSSR count). The summed E-state index contributed by atoms with van der Waals surface area (Å²) in [7, 11) is 0.222. The Hall–Kier alpha value is -3.72. The molecule has 0 bridgehead atoms. The summed E-state index contributed by atoms with van der Waals surface area (Å²) in [6.07, 6.45) is 2.50. The van der Waals surface area contributed by atoms with Crippen molar-refractivity contribution in [3.05, 3.63) is 107 Å². The van der Waals surface area contributed by atoms with Gasteiger partial charge in [-0.05, 0) is 66.6 Å². The Balaban J connectivity index is 1.59. The van der Waals surface area contributed by atoms with Gasteiger partial charge in [0.05, 0.1) is 12.0 Å². The number of ether oxygens (including phenoxy) is 1. The summed E-state index contributed by atoms with van der Waals surface area (Å²) in [5, 5.41) is 13.1. The van der Waals surface area contributed by atoms with Crippen LogP contribution in [-0.2, 0) is 22.1 Å². The third-order valence-corrected chi connectivity index (χ3v) is 7.93. The van der Waals surface area contributed by atoms with Crippen LogP contribution in [0.3, 0.4) is 0 Å². The Kier molecular flexibility index (Phi) is 8.32. The van der Waals surface area contributed by atoms with Crippen LogP contribution in [0.15, 0.2) is 95.9 Å². The summed E-state index contributed by atoms with van der Waals surface area (Å²) in [6.45, 7) is 2.18. The lowest BCUT2D eigenvalue weighted by molar-refractivity contribution is -0.115. The van der Waals surface area contributed by atoms with Gasteiger partial charge in [0.2, 0.25) is 5.91 Å². The Morgan fingerprint density at radius 3 is 2.47 bits per heavy atom. The number of halogens is 1. The third kappa shape index (κ3) is 6.28. The molecule has 0 saturated carbocycles. The standard InChI is InChI=1S/C30H25ClN2O2S/c1-3-36(2)26-14-11-21(12-15-26)17-30(34)33-25-13-16-27(22-8-6-9-24(31)18-22)29(19-25)35-28-10-5-4-7-23(28)20-32/h4-16,18-19H,3,17H2,1-2H3/p+1. The van der Waals surface area contributed by atoms with E-state index in [-0.39, 0.29) is 23.2 Å². The molecule has 0 radical (unpaired) electrons. The smallest absolute Gasteiger partial charge is 0.228 e. The molecule has 4 aromatic rings. The van der Waals surface area contributed by atoms with E-state index < -0.39 is 0 Å². The van der Waals surface area contributed by atoms with Crippen LogP contribution in [-0.4, -0.2) is 17.9 Å². The Bertz CT molecular complexity index is 1410. The summed E-state index contributed by atoms with van der Waals surface area (Å²) >= 11 is 6.23. The molecule has 1 amide bonds. The van der Waals surface area contributed by atoms with E-state index >= 15 is 0 Å². The topological polar surface area (TPSA) is 62.1 Å². The molecule has 0 saturated heterocycles. The van der Waals surface area contributed by atoms with Crippen molar-refractivity contribution >= 4 is 34.1 Å². The van der Waals surface area contributed by atoms with E-state index in [0.29, 0.717) is 27.8 Å². The highest BCUT2D eigenvalue weighted by molar-refractivity contribution is 7.96. The van der Waals surface area contributed by atoms with E-state index in [4.69, 9.17) is 16.3 Å². The average molecular weight is 514 g/mol. The zero-order valence-electron chi connectivity index (χ0n) is 20.1. The van der Waals surface area contributed by atoms with Gasteiger partial charge in [-0.25, -0.2) is 0 Å². The predicted octanol–water partition coefficient (Wildman–Crippen LogP) is 7.48. The van der Waals surface area contributed by atoms with Crippen LogP contribution in [0.2, 0.25) is 5.02 Å². The first kappa shape index (κ1) is 25.4. The Morgan fingerprint density at radius 1 is 0.972 bits per heavy atom. The van der Waals surface area contributed by atoms with Crippen LogP contribution in [0.4, 0.5) is 5.69 Å². The van der Waals surface area contributed by atoms with Crippen molar-refractivity contribution in [1.82, 2.24) is 0 Å². The van der Waals surface area contributed by atoms with Crippen molar-refractivity contribution in [2.75, 3.05) is 17.3 Å². The second kappa shape index (κ2) is 11.8. The Morgan fingerprint density at radius 2 is 1.75 bits per heavy atom. The van der Waals surface area contributed by atoms with Crippen molar-refractivity contribution < 1.29 is 9.53 Å². The molecule has 0 fully saturated rings. The first-order valence-electron chi connectivity index (χ1n) is 11.5. The molecule has 0 aliphatic rings. The van der Waals surface area contributed by atoms with Crippen LogP contribution in [0.5, 0.6) is 11.5 Å². The maximum Gasteiger partial charge on any atom is 0.228 e. The largest absolute Gasteiger partial charge is 0.455 e. The number of nitrogens with one attached hydrogen (secondary N) is 1. The van der Waals surface area contributed by atoms with Crippen LogP contribution >= 0.6 is 11.6 Å². The monoisotopic (exact) mass is 513 g/mol. The summed E-state index contributed by atoms with van der Waals surface area (Å²) in [5.41, 5.74) is 3.65. The van der Waals surface area contributed by atoms with Crippen molar-refractivity contribution in [1.29, 1.82) is 5.26 Å². The molecule has 4 aromatic carbocycles. The molecular formula is C30H26ClN2O2S+. The summed E-state index contributed by atoms with van der Waals surface area (Å²) in [5.74, 6) is 1.94. The maximum atomic E-state index is 12.8. The van der Waals surface area contributed by atoms with Crippen LogP contribution in [0.1, 0.15) is 18.1 Å². The number of hydrogen-bond donors (Lipinski definition) is 1. The van der Waals surface area contributed by atoms with E-state index in [1.165, 1.54) is 4.90 Å². The molecule has 0 aromatic heterocycles. The van der Waals surface area contributed by atoms with Crippen LogP contribution in [0.25, 0.3) is 11.1 Å². The molecule has 6 heteroatoms. The van der Waals surface area contributed by atoms with Gasteiger partial charge in [-0.1, -0.05) is 48.0 Å². The molecule has 0 heterocycles. The first-order valence-corrected chi connectivity index (χ1v) is 13.7. The molecule has 1 N–H and O–H groups in total. The van der Waals surface area contributed by atoms with E-state index in [9.17, 15) is 10.1 Å². The first-order chi connectivity index (χ1) is 17.5. The highest BCUT2D eigenvalue weighted by Gasteiger charge is 2.15. The zero-order valence-corrected chi connectivity index (χ0v) is 21.7. The molecule has 0 aliphatic carbocycles. The number of anilines is 1. The second-order valence-corrected chi connectivity index (χ2v) is 11.0. The normalized spacial score (nSPS) is 11.4. The molecular weight excluding hydrogens is 488 g/mol. The molecule has 180 valence electrons. The van der Waals surface area contributed by atoms with Gasteiger partial charge in [-0.15, -0.1) is 0 Å². The van der Waals surface area contributed by atoms with Crippen molar-refractivity contribution in [2.45, 2.75) is 18.2 Å². The minimum absolute atomic E-state index is 0.118. The van der Waals surface area contributed by atoms with Gasteiger partial charge in [-0.3, -0.25) is 4.79 Å². The van der Waals surface area contributed by atoms with E-state index in [1.54, 1.807) is 30.3 Å². The highest BCUT2D eigenvalue weighted by atomic mass is 35.5. The van der Waals surface area contributed by atoms with Gasteiger partial charge >= 0.3 is 0 Å². The summed E-state index contributed by atoms with van der Waals surface area (Å²) in [6, 6.07) is 30.4. The van der Waals surface area contributed by atoms with Crippen molar-refractivity contribution in [3.8, 4) is 28.7 Å².